The molecule has 0 bridgehead atoms. The molecule has 0 aliphatic heterocycles. The average molecular weight is 221 g/mol. The highest BCUT2D eigenvalue weighted by molar-refractivity contribution is 9.08. The van der Waals surface area contributed by atoms with Gasteiger partial charge < -0.3 is 8.83 Å². The van der Waals surface area contributed by atoms with E-state index in [1.54, 1.807) is 0 Å². The van der Waals surface area contributed by atoms with Crippen molar-refractivity contribution >= 4 is 15.9 Å². The summed E-state index contributed by atoms with van der Waals surface area (Å²) in [6.45, 7) is 2.02. The molecule has 1 aromatic rings. The molecule has 4 heteroatoms. The molecule has 0 aliphatic rings. The molecular weight excluding hydrogens is 212 g/mol. The number of aryl methyl sites for hydroxylation is 1. The monoisotopic (exact) mass is 220 g/mol. The molecule has 0 fully saturated rings. The summed E-state index contributed by atoms with van der Waals surface area (Å²) in [5, 5.41) is 0.536. The van der Waals surface area contributed by atoms with E-state index in [1.807, 2.05) is 6.92 Å². The molecule has 1 heterocycles. The SMILES string of the molecule is CCCc1oc(=O)oc1CBr. The molecule has 1 aromatic heterocycles. The molecule has 0 saturated carbocycles. The second kappa shape index (κ2) is 3.76. The quantitative estimate of drug-likeness (QED) is 0.734. The second-order valence-corrected chi connectivity index (χ2v) is 2.74. The first-order valence-corrected chi connectivity index (χ1v) is 4.57. The summed E-state index contributed by atoms with van der Waals surface area (Å²) in [4.78, 5) is 10.6. The van der Waals surface area contributed by atoms with Gasteiger partial charge in [0.05, 0.1) is 5.33 Å². The highest BCUT2D eigenvalue weighted by Gasteiger charge is 2.09. The van der Waals surface area contributed by atoms with E-state index >= 15 is 0 Å². The van der Waals surface area contributed by atoms with Gasteiger partial charge in [0.2, 0.25) is 0 Å². The Labute approximate surface area is 72.5 Å². The Morgan fingerprint density at radius 1 is 1.36 bits per heavy atom. The fourth-order valence-electron chi connectivity index (χ4n) is 0.855. The predicted molar refractivity (Wildman–Crippen MR) is 43.9 cm³/mol. The lowest BCUT2D eigenvalue weighted by atomic mass is 10.2. The van der Waals surface area contributed by atoms with Gasteiger partial charge in [-0.05, 0) is 6.42 Å². The standard InChI is InChI=1S/C7H9BrO3/c1-2-3-5-6(4-8)11-7(9)10-5/h2-4H2,1H3. The van der Waals surface area contributed by atoms with Crippen LogP contribution in [0.5, 0.6) is 0 Å². The smallest absolute Gasteiger partial charge is 0.396 e. The summed E-state index contributed by atoms with van der Waals surface area (Å²) in [6, 6.07) is 0. The first kappa shape index (κ1) is 8.59. The molecule has 0 aliphatic carbocycles. The van der Waals surface area contributed by atoms with Crippen LogP contribution >= 0.6 is 15.9 Å². The summed E-state index contributed by atoms with van der Waals surface area (Å²) < 4.78 is 9.54. The van der Waals surface area contributed by atoms with Crippen molar-refractivity contribution in [3.63, 3.8) is 0 Å². The van der Waals surface area contributed by atoms with E-state index in [-0.39, 0.29) is 0 Å². The lowest BCUT2D eigenvalue weighted by molar-refractivity contribution is 0.368. The Balaban J connectivity index is 2.92. The van der Waals surface area contributed by atoms with Gasteiger partial charge in [-0.15, -0.1) is 0 Å². The number of hydrogen-bond acceptors (Lipinski definition) is 3. The molecular formula is C7H9BrO3. The molecule has 0 N–H and O–H groups in total. The van der Waals surface area contributed by atoms with E-state index in [9.17, 15) is 4.79 Å². The highest BCUT2D eigenvalue weighted by Crippen LogP contribution is 2.12. The van der Waals surface area contributed by atoms with Crippen LogP contribution in [-0.2, 0) is 11.8 Å². The zero-order valence-electron chi connectivity index (χ0n) is 6.22. The van der Waals surface area contributed by atoms with Gasteiger partial charge >= 0.3 is 5.82 Å². The van der Waals surface area contributed by atoms with Crippen LogP contribution in [0.1, 0.15) is 24.9 Å². The van der Waals surface area contributed by atoms with Gasteiger partial charge in [-0.2, -0.15) is 0 Å². The van der Waals surface area contributed by atoms with Gasteiger partial charge in [0.25, 0.3) is 0 Å². The van der Waals surface area contributed by atoms with Crippen molar-refractivity contribution in [1.29, 1.82) is 0 Å². The molecule has 0 spiro atoms. The van der Waals surface area contributed by atoms with Gasteiger partial charge in [0.1, 0.15) is 0 Å². The summed E-state index contributed by atoms with van der Waals surface area (Å²) in [5.74, 6) is 0.661. The Hall–Kier alpha value is -0.510. The number of alkyl halides is 1. The van der Waals surface area contributed by atoms with Crippen molar-refractivity contribution in [1.82, 2.24) is 0 Å². The molecule has 1 rings (SSSR count). The molecule has 3 nitrogen and oxygen atoms in total. The van der Waals surface area contributed by atoms with E-state index < -0.39 is 5.82 Å². The van der Waals surface area contributed by atoms with Gasteiger partial charge in [0, 0.05) is 6.42 Å². The second-order valence-electron chi connectivity index (χ2n) is 2.18. The maximum absolute atomic E-state index is 10.6. The molecule has 0 aromatic carbocycles. The molecule has 11 heavy (non-hydrogen) atoms. The Morgan fingerprint density at radius 3 is 2.55 bits per heavy atom. The van der Waals surface area contributed by atoms with Crippen LogP contribution in [-0.4, -0.2) is 0 Å². The van der Waals surface area contributed by atoms with Gasteiger partial charge in [0.15, 0.2) is 11.5 Å². The zero-order valence-corrected chi connectivity index (χ0v) is 7.81. The largest absolute Gasteiger partial charge is 0.519 e. The van der Waals surface area contributed by atoms with Crippen LogP contribution in [0.2, 0.25) is 0 Å². The van der Waals surface area contributed by atoms with Gasteiger partial charge in [-0.3, -0.25) is 0 Å². The molecule has 0 saturated heterocycles. The highest BCUT2D eigenvalue weighted by atomic mass is 79.9. The molecule has 0 unspecified atom stereocenters. The fraction of sp³-hybridized carbons (Fsp3) is 0.571. The summed E-state index contributed by atoms with van der Waals surface area (Å²) in [7, 11) is 0. The molecule has 0 radical (unpaired) electrons. The third kappa shape index (κ3) is 1.96. The van der Waals surface area contributed by atoms with Crippen LogP contribution in [0.4, 0.5) is 0 Å². The summed E-state index contributed by atoms with van der Waals surface area (Å²) in [5.41, 5.74) is 0. The van der Waals surface area contributed by atoms with E-state index in [0.717, 1.165) is 12.8 Å². The van der Waals surface area contributed by atoms with E-state index in [0.29, 0.717) is 16.9 Å². The van der Waals surface area contributed by atoms with Crippen molar-refractivity contribution in [3.05, 3.63) is 22.1 Å². The van der Waals surface area contributed by atoms with E-state index in [2.05, 4.69) is 15.9 Å². The van der Waals surface area contributed by atoms with Crippen molar-refractivity contribution in [2.24, 2.45) is 0 Å². The minimum atomic E-state index is -0.608. The van der Waals surface area contributed by atoms with Crippen molar-refractivity contribution in [2.75, 3.05) is 0 Å². The van der Waals surface area contributed by atoms with Crippen molar-refractivity contribution < 1.29 is 8.83 Å². The Bertz CT molecular complexity index is 273. The van der Waals surface area contributed by atoms with Crippen molar-refractivity contribution in [2.45, 2.75) is 25.1 Å². The third-order valence-corrected chi connectivity index (χ3v) is 1.83. The minimum absolute atomic E-state index is 0.536. The lowest BCUT2D eigenvalue weighted by Gasteiger charge is -1.90. The fourth-order valence-corrected chi connectivity index (χ4v) is 1.28. The van der Waals surface area contributed by atoms with Gasteiger partial charge in [-0.25, -0.2) is 4.79 Å². The van der Waals surface area contributed by atoms with Crippen LogP contribution in [0.3, 0.4) is 0 Å². The Morgan fingerprint density at radius 2 is 2.00 bits per heavy atom. The molecule has 0 atom stereocenters. The van der Waals surface area contributed by atoms with Crippen LogP contribution in [0.25, 0.3) is 0 Å². The number of hydrogen-bond donors (Lipinski definition) is 0. The third-order valence-electron chi connectivity index (χ3n) is 1.32. The maximum Gasteiger partial charge on any atom is 0.519 e. The topological polar surface area (TPSA) is 43.4 Å². The van der Waals surface area contributed by atoms with E-state index in [1.165, 1.54) is 0 Å². The molecule has 0 amide bonds. The summed E-state index contributed by atoms with van der Waals surface area (Å²) in [6.07, 6.45) is 1.70. The maximum atomic E-state index is 10.6. The van der Waals surface area contributed by atoms with E-state index in [4.69, 9.17) is 8.83 Å². The van der Waals surface area contributed by atoms with Crippen molar-refractivity contribution in [3.8, 4) is 0 Å². The average Bonchev–Trinajstić information content (AvgIpc) is 2.32. The number of halogens is 1. The predicted octanol–water partition coefficient (Wildman–Crippen LogP) is 2.08. The normalized spacial score (nSPS) is 10.4. The van der Waals surface area contributed by atoms with Gasteiger partial charge in [-0.1, -0.05) is 22.9 Å². The first-order chi connectivity index (χ1) is 5.27. The van der Waals surface area contributed by atoms with Crippen LogP contribution in [0.15, 0.2) is 13.6 Å². The minimum Gasteiger partial charge on any atom is -0.396 e. The number of rotatable bonds is 3. The van der Waals surface area contributed by atoms with Crippen LogP contribution in [0, 0.1) is 0 Å². The summed E-state index contributed by atoms with van der Waals surface area (Å²) >= 11 is 3.20. The lowest BCUT2D eigenvalue weighted by Crippen LogP contribution is -1.86. The molecule has 62 valence electrons. The van der Waals surface area contributed by atoms with Crippen LogP contribution < -0.4 is 5.82 Å². The Kier molecular flexibility index (Phi) is 2.93. The zero-order chi connectivity index (χ0) is 8.27. The first-order valence-electron chi connectivity index (χ1n) is 3.45.